The van der Waals surface area contributed by atoms with Crippen molar-refractivity contribution >= 4 is 5.82 Å². The highest BCUT2D eigenvalue weighted by Gasteiger charge is 2.24. The third-order valence-electron chi connectivity index (χ3n) is 3.48. The molecule has 108 valence electrons. The molecule has 1 aliphatic heterocycles. The van der Waals surface area contributed by atoms with E-state index in [2.05, 4.69) is 60.1 Å². The van der Waals surface area contributed by atoms with Crippen LogP contribution >= 0.6 is 0 Å². The van der Waals surface area contributed by atoms with E-state index in [1.54, 1.807) is 0 Å². The van der Waals surface area contributed by atoms with Crippen molar-refractivity contribution in [3.05, 3.63) is 17.8 Å². The first-order valence-corrected chi connectivity index (χ1v) is 7.33. The summed E-state index contributed by atoms with van der Waals surface area (Å²) in [5.41, 5.74) is 1.07. The fraction of sp³-hybridized carbons (Fsp3) is 0.733. The van der Waals surface area contributed by atoms with Gasteiger partial charge in [0.15, 0.2) is 5.82 Å². The Bertz CT molecular complexity index is 359. The SMILES string of the molecule is CC.CC(C)c1ccc(N2CCC(N(C)C)C2)nn1. The third-order valence-corrected chi connectivity index (χ3v) is 3.48. The molecule has 2 heterocycles. The topological polar surface area (TPSA) is 32.3 Å². The summed E-state index contributed by atoms with van der Waals surface area (Å²) >= 11 is 0. The predicted octanol–water partition coefficient (Wildman–Crippen LogP) is 2.77. The van der Waals surface area contributed by atoms with Gasteiger partial charge in [-0.05, 0) is 38.6 Å². The first-order valence-electron chi connectivity index (χ1n) is 7.33. The first kappa shape index (κ1) is 15.9. The molecular formula is C15H28N4. The van der Waals surface area contributed by atoms with Crippen molar-refractivity contribution in [2.24, 2.45) is 0 Å². The van der Waals surface area contributed by atoms with E-state index in [1.807, 2.05) is 13.8 Å². The number of likely N-dealkylation sites (N-methyl/N-ethyl adjacent to an activating group) is 1. The van der Waals surface area contributed by atoms with Crippen LogP contribution < -0.4 is 4.90 Å². The van der Waals surface area contributed by atoms with Gasteiger partial charge in [0.2, 0.25) is 0 Å². The van der Waals surface area contributed by atoms with Crippen LogP contribution in [0, 0.1) is 0 Å². The number of nitrogens with zero attached hydrogens (tertiary/aromatic N) is 4. The summed E-state index contributed by atoms with van der Waals surface area (Å²) in [5.74, 6) is 1.46. The average Bonchev–Trinajstić information content (AvgIpc) is 2.91. The zero-order valence-corrected chi connectivity index (χ0v) is 13.2. The monoisotopic (exact) mass is 264 g/mol. The lowest BCUT2D eigenvalue weighted by Crippen LogP contribution is -2.31. The molecule has 1 saturated heterocycles. The second-order valence-electron chi connectivity index (χ2n) is 5.32. The zero-order chi connectivity index (χ0) is 14.4. The van der Waals surface area contributed by atoms with Crippen molar-refractivity contribution in [1.82, 2.24) is 15.1 Å². The molecule has 0 aliphatic carbocycles. The number of hydrogen-bond donors (Lipinski definition) is 0. The lowest BCUT2D eigenvalue weighted by atomic mass is 10.1. The van der Waals surface area contributed by atoms with Gasteiger partial charge in [-0.2, -0.15) is 5.10 Å². The molecule has 1 fully saturated rings. The number of hydrogen-bond acceptors (Lipinski definition) is 4. The van der Waals surface area contributed by atoms with E-state index >= 15 is 0 Å². The van der Waals surface area contributed by atoms with Gasteiger partial charge in [-0.3, -0.25) is 0 Å². The molecule has 0 radical (unpaired) electrons. The predicted molar refractivity (Wildman–Crippen MR) is 81.8 cm³/mol. The van der Waals surface area contributed by atoms with Crippen molar-refractivity contribution in [2.45, 2.75) is 46.1 Å². The van der Waals surface area contributed by atoms with Crippen LogP contribution in [0.3, 0.4) is 0 Å². The van der Waals surface area contributed by atoms with Crippen molar-refractivity contribution in [3.8, 4) is 0 Å². The van der Waals surface area contributed by atoms with E-state index in [0.717, 1.165) is 24.6 Å². The van der Waals surface area contributed by atoms with Gasteiger partial charge < -0.3 is 9.80 Å². The first-order chi connectivity index (χ1) is 9.08. The Hall–Kier alpha value is -1.16. The van der Waals surface area contributed by atoms with E-state index in [4.69, 9.17) is 0 Å². The Morgan fingerprint density at radius 2 is 1.89 bits per heavy atom. The van der Waals surface area contributed by atoms with E-state index < -0.39 is 0 Å². The smallest absolute Gasteiger partial charge is 0.151 e. The van der Waals surface area contributed by atoms with Gasteiger partial charge in [0.05, 0.1) is 5.69 Å². The van der Waals surface area contributed by atoms with E-state index in [0.29, 0.717) is 12.0 Å². The second-order valence-corrected chi connectivity index (χ2v) is 5.32. The van der Waals surface area contributed by atoms with Gasteiger partial charge >= 0.3 is 0 Å². The summed E-state index contributed by atoms with van der Waals surface area (Å²) in [6, 6.07) is 4.83. The van der Waals surface area contributed by atoms with Gasteiger partial charge in [0, 0.05) is 19.1 Å². The molecule has 1 aliphatic rings. The van der Waals surface area contributed by atoms with Gasteiger partial charge in [0.25, 0.3) is 0 Å². The molecule has 2 rings (SSSR count). The maximum absolute atomic E-state index is 4.33. The van der Waals surface area contributed by atoms with Crippen LogP contribution in [0.2, 0.25) is 0 Å². The van der Waals surface area contributed by atoms with Crippen LogP contribution in [-0.2, 0) is 0 Å². The molecule has 1 aromatic heterocycles. The Morgan fingerprint density at radius 1 is 1.21 bits per heavy atom. The molecule has 0 bridgehead atoms. The highest BCUT2D eigenvalue weighted by atomic mass is 15.3. The van der Waals surface area contributed by atoms with Crippen LogP contribution in [0.4, 0.5) is 5.82 Å². The Kier molecular flexibility index (Phi) is 6.22. The summed E-state index contributed by atoms with van der Waals surface area (Å²) < 4.78 is 0. The molecule has 1 atom stereocenters. The molecule has 0 aromatic carbocycles. The molecular weight excluding hydrogens is 236 g/mol. The fourth-order valence-corrected chi connectivity index (χ4v) is 2.18. The van der Waals surface area contributed by atoms with Crippen LogP contribution in [0.25, 0.3) is 0 Å². The number of rotatable bonds is 3. The molecule has 4 nitrogen and oxygen atoms in total. The lowest BCUT2D eigenvalue weighted by Gasteiger charge is -2.20. The van der Waals surface area contributed by atoms with Crippen molar-refractivity contribution in [2.75, 3.05) is 32.1 Å². The quantitative estimate of drug-likeness (QED) is 0.840. The Balaban J connectivity index is 0.000000861. The summed E-state index contributed by atoms with van der Waals surface area (Å²) in [6.07, 6.45) is 1.21. The van der Waals surface area contributed by atoms with Crippen molar-refractivity contribution in [3.63, 3.8) is 0 Å². The molecule has 1 unspecified atom stereocenters. The Labute approximate surface area is 117 Å². The zero-order valence-electron chi connectivity index (χ0n) is 13.2. The standard InChI is InChI=1S/C13H22N4.C2H6/c1-10(2)12-5-6-13(15-14-12)17-8-7-11(9-17)16(3)4;1-2/h5-6,10-11H,7-9H2,1-4H3;1-2H3. The molecule has 0 N–H and O–H groups in total. The lowest BCUT2D eigenvalue weighted by molar-refractivity contribution is 0.315. The molecule has 0 amide bonds. The van der Waals surface area contributed by atoms with E-state index in [9.17, 15) is 0 Å². The highest BCUT2D eigenvalue weighted by molar-refractivity contribution is 5.39. The van der Waals surface area contributed by atoms with Crippen molar-refractivity contribution in [1.29, 1.82) is 0 Å². The van der Waals surface area contributed by atoms with Crippen LogP contribution in [-0.4, -0.2) is 48.3 Å². The van der Waals surface area contributed by atoms with Gasteiger partial charge in [-0.15, -0.1) is 5.10 Å². The largest absolute Gasteiger partial charge is 0.354 e. The molecule has 0 spiro atoms. The molecule has 4 heteroatoms. The molecule has 19 heavy (non-hydrogen) atoms. The summed E-state index contributed by atoms with van der Waals surface area (Å²) in [6.45, 7) is 10.4. The van der Waals surface area contributed by atoms with Gasteiger partial charge in [-0.25, -0.2) is 0 Å². The average molecular weight is 264 g/mol. The van der Waals surface area contributed by atoms with Gasteiger partial charge in [0.1, 0.15) is 0 Å². The van der Waals surface area contributed by atoms with Crippen LogP contribution in [0.5, 0.6) is 0 Å². The summed E-state index contributed by atoms with van der Waals surface area (Å²) in [4.78, 5) is 4.61. The van der Waals surface area contributed by atoms with Crippen LogP contribution in [0.15, 0.2) is 12.1 Å². The second kappa shape index (κ2) is 7.43. The maximum Gasteiger partial charge on any atom is 0.151 e. The normalized spacial score (nSPS) is 18.7. The Morgan fingerprint density at radius 3 is 2.32 bits per heavy atom. The maximum atomic E-state index is 4.33. The van der Waals surface area contributed by atoms with Gasteiger partial charge in [-0.1, -0.05) is 27.7 Å². The summed E-state index contributed by atoms with van der Waals surface area (Å²) in [7, 11) is 4.28. The minimum atomic E-state index is 0.449. The molecule has 0 saturated carbocycles. The third kappa shape index (κ3) is 4.16. The minimum Gasteiger partial charge on any atom is -0.354 e. The number of anilines is 1. The minimum absolute atomic E-state index is 0.449. The fourth-order valence-electron chi connectivity index (χ4n) is 2.18. The summed E-state index contributed by atoms with van der Waals surface area (Å²) in [5, 5.41) is 8.62. The molecule has 1 aromatic rings. The number of aromatic nitrogens is 2. The van der Waals surface area contributed by atoms with E-state index in [1.165, 1.54) is 6.42 Å². The van der Waals surface area contributed by atoms with E-state index in [-0.39, 0.29) is 0 Å². The van der Waals surface area contributed by atoms with Crippen LogP contribution in [0.1, 0.15) is 45.7 Å². The van der Waals surface area contributed by atoms with Crippen molar-refractivity contribution < 1.29 is 0 Å². The highest BCUT2D eigenvalue weighted by Crippen LogP contribution is 2.20.